The summed E-state index contributed by atoms with van der Waals surface area (Å²) < 4.78 is 4.68. The van der Waals surface area contributed by atoms with E-state index in [0.29, 0.717) is 11.3 Å². The second kappa shape index (κ2) is 9.37. The van der Waals surface area contributed by atoms with E-state index in [9.17, 15) is 14.4 Å². The maximum atomic E-state index is 12.7. The topological polar surface area (TPSA) is 84.5 Å². The predicted molar refractivity (Wildman–Crippen MR) is 109 cm³/mol. The summed E-state index contributed by atoms with van der Waals surface area (Å²) in [6, 6.07) is 10.9. The lowest BCUT2D eigenvalue weighted by Crippen LogP contribution is -2.47. The van der Waals surface area contributed by atoms with Crippen LogP contribution in [0.5, 0.6) is 0 Å². The molecule has 0 saturated heterocycles. The minimum atomic E-state index is -0.759. The number of ether oxygens (including phenoxy) is 1. The number of methoxy groups -OCH3 is 1. The van der Waals surface area contributed by atoms with Crippen molar-refractivity contribution in [1.82, 2.24) is 5.32 Å². The van der Waals surface area contributed by atoms with E-state index in [4.69, 9.17) is 11.6 Å². The fourth-order valence-corrected chi connectivity index (χ4v) is 2.83. The van der Waals surface area contributed by atoms with Crippen LogP contribution in [0.3, 0.4) is 0 Å². The smallest absolute Gasteiger partial charge is 0.339 e. The average Bonchev–Trinajstić information content (AvgIpc) is 2.66. The fourth-order valence-electron chi connectivity index (χ4n) is 2.64. The third kappa shape index (κ3) is 5.33. The van der Waals surface area contributed by atoms with Crippen LogP contribution in [0.4, 0.5) is 5.69 Å². The van der Waals surface area contributed by atoms with Gasteiger partial charge >= 0.3 is 5.97 Å². The molecule has 7 heteroatoms. The van der Waals surface area contributed by atoms with Gasteiger partial charge in [-0.2, -0.15) is 0 Å². The zero-order valence-electron chi connectivity index (χ0n) is 16.2. The molecule has 0 saturated carbocycles. The van der Waals surface area contributed by atoms with Crippen LogP contribution in [-0.4, -0.2) is 30.9 Å². The van der Waals surface area contributed by atoms with Gasteiger partial charge in [0.2, 0.25) is 5.91 Å². The van der Waals surface area contributed by atoms with E-state index in [0.717, 1.165) is 5.56 Å². The number of anilines is 1. The number of halogens is 1. The van der Waals surface area contributed by atoms with Crippen molar-refractivity contribution in [2.45, 2.75) is 26.8 Å². The van der Waals surface area contributed by atoms with Gasteiger partial charge in [0.25, 0.3) is 5.91 Å². The van der Waals surface area contributed by atoms with Crippen molar-refractivity contribution in [2.75, 3.05) is 12.4 Å². The number of rotatable bonds is 6. The van der Waals surface area contributed by atoms with Crippen LogP contribution in [-0.2, 0) is 9.53 Å². The highest BCUT2D eigenvalue weighted by atomic mass is 35.5. The number of nitrogens with one attached hydrogen (secondary N) is 2. The maximum absolute atomic E-state index is 12.7. The molecule has 6 nitrogen and oxygen atoms in total. The summed E-state index contributed by atoms with van der Waals surface area (Å²) >= 11 is 6.00. The van der Waals surface area contributed by atoms with Crippen molar-refractivity contribution in [1.29, 1.82) is 0 Å². The Kier molecular flexibility index (Phi) is 7.18. The van der Waals surface area contributed by atoms with Crippen molar-refractivity contribution in [2.24, 2.45) is 5.92 Å². The molecular formula is C21H23ClN2O4. The quantitative estimate of drug-likeness (QED) is 0.719. The molecule has 2 N–H and O–H groups in total. The Morgan fingerprint density at radius 1 is 1.07 bits per heavy atom. The van der Waals surface area contributed by atoms with Crippen LogP contribution in [0.25, 0.3) is 0 Å². The van der Waals surface area contributed by atoms with Gasteiger partial charge < -0.3 is 15.4 Å². The molecule has 0 aromatic heterocycles. The molecule has 2 rings (SSSR count). The summed E-state index contributed by atoms with van der Waals surface area (Å²) in [6.07, 6.45) is 0. The maximum Gasteiger partial charge on any atom is 0.339 e. The lowest BCUT2D eigenvalue weighted by molar-refractivity contribution is -0.118. The molecule has 0 radical (unpaired) electrons. The van der Waals surface area contributed by atoms with Gasteiger partial charge in [-0.3, -0.25) is 9.59 Å². The summed E-state index contributed by atoms with van der Waals surface area (Å²) in [4.78, 5) is 37.0. The fraction of sp³-hybridized carbons (Fsp3) is 0.286. The highest BCUT2D eigenvalue weighted by Gasteiger charge is 2.25. The van der Waals surface area contributed by atoms with Crippen LogP contribution in [0.2, 0.25) is 5.02 Å². The lowest BCUT2D eigenvalue weighted by atomic mass is 10.0. The van der Waals surface area contributed by atoms with Crippen molar-refractivity contribution < 1.29 is 19.1 Å². The summed E-state index contributed by atoms with van der Waals surface area (Å²) in [6.45, 7) is 5.56. The molecule has 2 aromatic rings. The first-order valence-electron chi connectivity index (χ1n) is 8.79. The zero-order chi connectivity index (χ0) is 20.8. The van der Waals surface area contributed by atoms with Gasteiger partial charge in [-0.1, -0.05) is 43.1 Å². The van der Waals surface area contributed by atoms with E-state index in [1.54, 1.807) is 24.3 Å². The number of carbonyl (C=O) groups excluding carboxylic acids is 3. The largest absolute Gasteiger partial charge is 0.465 e. The molecule has 2 amide bonds. The Labute approximate surface area is 169 Å². The molecule has 0 fully saturated rings. The van der Waals surface area contributed by atoms with Gasteiger partial charge in [0.15, 0.2) is 0 Å². The van der Waals surface area contributed by atoms with Gasteiger partial charge in [0.1, 0.15) is 6.04 Å². The van der Waals surface area contributed by atoms with Gasteiger partial charge in [-0.05, 0) is 43.2 Å². The molecular weight excluding hydrogens is 380 g/mol. The predicted octanol–water partition coefficient (Wildman–Crippen LogP) is 3.83. The molecule has 0 spiro atoms. The van der Waals surface area contributed by atoms with Gasteiger partial charge in [0.05, 0.1) is 17.7 Å². The van der Waals surface area contributed by atoms with Crippen LogP contribution in [0.15, 0.2) is 42.5 Å². The van der Waals surface area contributed by atoms with Gasteiger partial charge in [0, 0.05) is 11.3 Å². The summed E-state index contributed by atoms with van der Waals surface area (Å²) in [5.74, 6) is -1.48. The van der Waals surface area contributed by atoms with Crippen LogP contribution in [0.1, 0.15) is 40.1 Å². The monoisotopic (exact) mass is 402 g/mol. The second-order valence-electron chi connectivity index (χ2n) is 6.74. The number of benzene rings is 2. The first-order chi connectivity index (χ1) is 13.2. The third-order valence-corrected chi connectivity index (χ3v) is 4.48. The van der Waals surface area contributed by atoms with Crippen molar-refractivity contribution in [3.05, 3.63) is 64.2 Å². The summed E-state index contributed by atoms with van der Waals surface area (Å²) in [5, 5.41) is 5.71. The van der Waals surface area contributed by atoms with Crippen LogP contribution < -0.4 is 10.6 Å². The first kappa shape index (κ1) is 21.4. The Balaban J connectivity index is 2.17. The number of aryl methyl sites for hydroxylation is 1. The van der Waals surface area contributed by atoms with E-state index >= 15 is 0 Å². The lowest BCUT2D eigenvalue weighted by Gasteiger charge is -2.22. The Bertz CT molecular complexity index is 896. The minimum absolute atomic E-state index is 0.145. The van der Waals surface area contributed by atoms with Crippen molar-refractivity contribution in [3.63, 3.8) is 0 Å². The van der Waals surface area contributed by atoms with Crippen molar-refractivity contribution >= 4 is 35.1 Å². The molecule has 1 atom stereocenters. The Morgan fingerprint density at radius 2 is 1.79 bits per heavy atom. The van der Waals surface area contributed by atoms with Crippen molar-refractivity contribution in [3.8, 4) is 0 Å². The number of amides is 2. The summed E-state index contributed by atoms with van der Waals surface area (Å²) in [7, 11) is 1.25. The molecule has 0 aliphatic carbocycles. The van der Waals surface area contributed by atoms with E-state index < -0.39 is 17.9 Å². The normalized spacial score (nSPS) is 11.6. The van der Waals surface area contributed by atoms with E-state index in [2.05, 4.69) is 15.4 Å². The number of hydrogen-bond acceptors (Lipinski definition) is 4. The number of esters is 1. The standard InChI is InChI=1S/C21H23ClN2O4/c1-12(2)18(24-19(25)14-7-5-6-13(3)10-14)20(26)23-15-8-9-17(22)16(11-15)21(27)28-4/h5-12,18H,1-4H3,(H,23,26)(H,24,25). The first-order valence-corrected chi connectivity index (χ1v) is 9.17. The molecule has 0 bridgehead atoms. The van der Waals surface area contributed by atoms with E-state index in [1.165, 1.54) is 19.2 Å². The van der Waals surface area contributed by atoms with E-state index in [-0.39, 0.29) is 22.4 Å². The molecule has 148 valence electrons. The van der Waals surface area contributed by atoms with Gasteiger partial charge in [-0.25, -0.2) is 4.79 Å². The molecule has 0 aliphatic heterocycles. The third-order valence-electron chi connectivity index (χ3n) is 4.16. The SMILES string of the molecule is COC(=O)c1cc(NC(=O)C(NC(=O)c2cccc(C)c2)C(C)C)ccc1Cl. The van der Waals surface area contributed by atoms with Crippen LogP contribution >= 0.6 is 11.6 Å². The second-order valence-corrected chi connectivity index (χ2v) is 7.15. The molecule has 28 heavy (non-hydrogen) atoms. The number of hydrogen-bond donors (Lipinski definition) is 2. The Hall–Kier alpha value is -2.86. The molecule has 1 unspecified atom stereocenters. The Morgan fingerprint density at radius 3 is 2.39 bits per heavy atom. The highest BCUT2D eigenvalue weighted by Crippen LogP contribution is 2.22. The highest BCUT2D eigenvalue weighted by molar-refractivity contribution is 6.33. The minimum Gasteiger partial charge on any atom is -0.465 e. The summed E-state index contributed by atoms with van der Waals surface area (Å²) in [5.41, 5.74) is 1.96. The number of carbonyl (C=O) groups is 3. The van der Waals surface area contributed by atoms with Gasteiger partial charge in [-0.15, -0.1) is 0 Å². The average molecular weight is 403 g/mol. The molecule has 0 aliphatic rings. The molecule has 0 heterocycles. The molecule has 2 aromatic carbocycles. The van der Waals surface area contributed by atoms with Crippen LogP contribution in [0, 0.1) is 12.8 Å². The van der Waals surface area contributed by atoms with E-state index in [1.807, 2.05) is 26.8 Å². The zero-order valence-corrected chi connectivity index (χ0v) is 17.0.